The average molecular weight is 392 g/mol. The lowest BCUT2D eigenvalue weighted by Crippen LogP contribution is -2.43. The van der Waals surface area contributed by atoms with E-state index in [1.807, 2.05) is 29.8 Å². The molecule has 6 nitrogen and oxygen atoms in total. The molecule has 1 aromatic carbocycles. The minimum Gasteiger partial charge on any atom is -0.351 e. The lowest BCUT2D eigenvalue weighted by atomic mass is 10.1. The summed E-state index contributed by atoms with van der Waals surface area (Å²) in [6.07, 6.45) is 2.11. The van der Waals surface area contributed by atoms with E-state index in [0.29, 0.717) is 13.1 Å². The van der Waals surface area contributed by atoms with Crippen molar-refractivity contribution in [2.45, 2.75) is 46.4 Å². The number of nitrogens with zero attached hydrogens (tertiary/aromatic N) is 4. The number of hydrogen-bond acceptors (Lipinski definition) is 3. The summed E-state index contributed by atoms with van der Waals surface area (Å²) < 4.78 is 4.29. The molecule has 1 aliphatic heterocycles. The van der Waals surface area contributed by atoms with Crippen LogP contribution in [-0.4, -0.2) is 38.2 Å². The van der Waals surface area contributed by atoms with Gasteiger partial charge in [0.1, 0.15) is 0 Å². The van der Waals surface area contributed by atoms with Gasteiger partial charge in [-0.05, 0) is 38.5 Å². The summed E-state index contributed by atoms with van der Waals surface area (Å²) in [6.45, 7) is 9.76. The predicted octanol–water partition coefficient (Wildman–Crippen LogP) is 3.04. The van der Waals surface area contributed by atoms with Gasteiger partial charge in [0.2, 0.25) is 5.91 Å². The van der Waals surface area contributed by atoms with E-state index in [2.05, 4.69) is 64.2 Å². The molecule has 0 radical (unpaired) electrons. The zero-order valence-electron chi connectivity index (χ0n) is 17.4. The second-order valence-corrected chi connectivity index (χ2v) is 7.84. The Morgan fingerprint density at radius 3 is 2.72 bits per heavy atom. The van der Waals surface area contributed by atoms with Crippen LogP contribution in [0.25, 0.3) is 0 Å². The highest BCUT2D eigenvalue weighted by Crippen LogP contribution is 2.24. The van der Waals surface area contributed by atoms with Crippen LogP contribution in [0.15, 0.2) is 48.7 Å². The summed E-state index contributed by atoms with van der Waals surface area (Å²) in [4.78, 5) is 14.9. The van der Waals surface area contributed by atoms with Crippen molar-refractivity contribution in [3.05, 3.63) is 76.9 Å². The molecule has 1 unspecified atom stereocenters. The number of carbonyl (C=O) groups excluding carboxylic acids is 1. The molecule has 1 atom stereocenters. The van der Waals surface area contributed by atoms with Gasteiger partial charge in [-0.25, -0.2) is 0 Å². The standard InChI is InChI=1S/C23H29N5O/c1-17-21(18(2)28(25-17)15-20-8-5-4-6-9-20)14-24-23(29)16-27-13-12-26-11-7-10-22(26)19(27)3/h4-11,19H,12-16H2,1-3H3,(H,24,29). The SMILES string of the molecule is Cc1nn(Cc2ccccc2)c(C)c1CNC(=O)CN1CCn2cccc2C1C. The van der Waals surface area contributed by atoms with Crippen molar-refractivity contribution in [2.24, 2.45) is 0 Å². The summed E-state index contributed by atoms with van der Waals surface area (Å²) >= 11 is 0. The van der Waals surface area contributed by atoms with Crippen LogP contribution in [0.5, 0.6) is 0 Å². The van der Waals surface area contributed by atoms with Crippen molar-refractivity contribution in [3.8, 4) is 0 Å². The van der Waals surface area contributed by atoms with Crippen molar-refractivity contribution < 1.29 is 4.79 Å². The van der Waals surface area contributed by atoms with Gasteiger partial charge in [-0.1, -0.05) is 30.3 Å². The third-order valence-electron chi connectivity index (χ3n) is 5.98. The van der Waals surface area contributed by atoms with Crippen LogP contribution < -0.4 is 5.32 Å². The fraction of sp³-hybridized carbons (Fsp3) is 0.391. The van der Waals surface area contributed by atoms with Crippen molar-refractivity contribution in [1.29, 1.82) is 0 Å². The second kappa shape index (κ2) is 8.25. The number of fused-ring (bicyclic) bond motifs is 1. The third kappa shape index (κ3) is 4.12. The smallest absolute Gasteiger partial charge is 0.234 e. The van der Waals surface area contributed by atoms with Crippen LogP contribution in [-0.2, 0) is 24.4 Å². The molecule has 0 saturated carbocycles. The van der Waals surface area contributed by atoms with Gasteiger partial charge in [-0.2, -0.15) is 5.10 Å². The summed E-state index contributed by atoms with van der Waals surface area (Å²) in [6, 6.07) is 14.8. The molecule has 0 bridgehead atoms. The van der Waals surface area contributed by atoms with Crippen molar-refractivity contribution >= 4 is 5.91 Å². The van der Waals surface area contributed by atoms with Gasteiger partial charge in [-0.3, -0.25) is 14.4 Å². The van der Waals surface area contributed by atoms with E-state index in [0.717, 1.165) is 36.6 Å². The minimum absolute atomic E-state index is 0.0615. The largest absolute Gasteiger partial charge is 0.351 e. The first kappa shape index (κ1) is 19.5. The van der Waals surface area contributed by atoms with Crippen molar-refractivity contribution in [2.75, 3.05) is 13.1 Å². The molecule has 0 fully saturated rings. The lowest BCUT2D eigenvalue weighted by Gasteiger charge is -2.34. The molecule has 1 aliphatic rings. The van der Waals surface area contributed by atoms with Crippen LogP contribution in [0.2, 0.25) is 0 Å². The highest BCUT2D eigenvalue weighted by Gasteiger charge is 2.25. The number of hydrogen-bond donors (Lipinski definition) is 1. The van der Waals surface area contributed by atoms with Crippen LogP contribution in [0.1, 0.15) is 41.2 Å². The summed E-state index contributed by atoms with van der Waals surface area (Å²) in [5.74, 6) is 0.0615. The molecule has 0 spiro atoms. The first-order valence-corrected chi connectivity index (χ1v) is 10.3. The molecular weight excluding hydrogens is 362 g/mol. The predicted molar refractivity (Wildman–Crippen MR) is 114 cm³/mol. The molecule has 0 saturated heterocycles. The fourth-order valence-corrected chi connectivity index (χ4v) is 4.17. The Morgan fingerprint density at radius 1 is 1.14 bits per heavy atom. The van der Waals surface area contributed by atoms with E-state index >= 15 is 0 Å². The molecule has 3 aromatic rings. The number of carbonyl (C=O) groups is 1. The Hall–Kier alpha value is -2.86. The third-order valence-corrected chi connectivity index (χ3v) is 5.98. The second-order valence-electron chi connectivity index (χ2n) is 7.84. The number of aryl methyl sites for hydroxylation is 1. The first-order chi connectivity index (χ1) is 14.0. The van der Waals surface area contributed by atoms with Gasteiger partial charge in [-0.15, -0.1) is 0 Å². The van der Waals surface area contributed by atoms with Gasteiger partial charge in [0.15, 0.2) is 0 Å². The molecule has 152 valence electrons. The zero-order valence-corrected chi connectivity index (χ0v) is 17.4. The van der Waals surface area contributed by atoms with Crippen LogP contribution in [0.4, 0.5) is 0 Å². The van der Waals surface area contributed by atoms with Gasteiger partial charge >= 0.3 is 0 Å². The Labute approximate surface area is 172 Å². The van der Waals surface area contributed by atoms with Gasteiger partial charge in [0, 0.05) is 48.8 Å². The number of amides is 1. The maximum atomic E-state index is 12.6. The number of rotatable bonds is 6. The van der Waals surface area contributed by atoms with Gasteiger partial charge < -0.3 is 9.88 Å². The quantitative estimate of drug-likeness (QED) is 0.703. The summed E-state index contributed by atoms with van der Waals surface area (Å²) in [5, 5.41) is 7.79. The molecule has 1 N–H and O–H groups in total. The number of aromatic nitrogens is 3. The normalized spacial score (nSPS) is 16.6. The fourth-order valence-electron chi connectivity index (χ4n) is 4.17. The monoisotopic (exact) mass is 391 g/mol. The molecule has 1 amide bonds. The molecule has 29 heavy (non-hydrogen) atoms. The lowest BCUT2D eigenvalue weighted by molar-refractivity contribution is -0.123. The zero-order chi connectivity index (χ0) is 20.4. The van der Waals surface area contributed by atoms with Crippen LogP contribution in [0, 0.1) is 13.8 Å². The Morgan fingerprint density at radius 2 is 1.93 bits per heavy atom. The summed E-state index contributed by atoms with van der Waals surface area (Å²) in [7, 11) is 0. The first-order valence-electron chi connectivity index (χ1n) is 10.3. The minimum atomic E-state index is 0.0615. The van der Waals surface area contributed by atoms with Gasteiger partial charge in [0.25, 0.3) is 0 Å². The number of nitrogens with one attached hydrogen (secondary N) is 1. The molecule has 2 aromatic heterocycles. The van der Waals surface area contributed by atoms with E-state index < -0.39 is 0 Å². The topological polar surface area (TPSA) is 55.1 Å². The molecule has 6 heteroatoms. The highest BCUT2D eigenvalue weighted by molar-refractivity contribution is 5.78. The van der Waals surface area contributed by atoms with E-state index in [9.17, 15) is 4.79 Å². The molecule has 4 rings (SSSR count). The maximum absolute atomic E-state index is 12.6. The molecule has 0 aliphatic carbocycles. The summed E-state index contributed by atoms with van der Waals surface area (Å²) in [5.41, 5.74) is 5.68. The van der Waals surface area contributed by atoms with E-state index in [1.165, 1.54) is 11.3 Å². The van der Waals surface area contributed by atoms with E-state index in [1.54, 1.807) is 0 Å². The highest BCUT2D eigenvalue weighted by atomic mass is 16.2. The molecule has 3 heterocycles. The van der Waals surface area contributed by atoms with Crippen molar-refractivity contribution in [1.82, 2.24) is 24.6 Å². The Balaban J connectivity index is 1.36. The van der Waals surface area contributed by atoms with E-state index in [-0.39, 0.29) is 11.9 Å². The maximum Gasteiger partial charge on any atom is 0.234 e. The van der Waals surface area contributed by atoms with Gasteiger partial charge in [0.05, 0.1) is 18.8 Å². The van der Waals surface area contributed by atoms with Crippen molar-refractivity contribution in [3.63, 3.8) is 0 Å². The average Bonchev–Trinajstić information content (AvgIpc) is 3.29. The van der Waals surface area contributed by atoms with Crippen LogP contribution in [0.3, 0.4) is 0 Å². The van der Waals surface area contributed by atoms with E-state index in [4.69, 9.17) is 0 Å². The Bertz CT molecular complexity index is 988. The molecular formula is C23H29N5O. The van der Waals surface area contributed by atoms with Crippen LogP contribution >= 0.6 is 0 Å². The number of benzene rings is 1. The Kier molecular flexibility index (Phi) is 5.53.